The van der Waals surface area contributed by atoms with E-state index in [1.807, 2.05) is 4.90 Å². The normalized spacial score (nSPS) is 21.1. The summed E-state index contributed by atoms with van der Waals surface area (Å²) in [6.07, 6.45) is -0.301. The van der Waals surface area contributed by atoms with Crippen molar-refractivity contribution in [2.75, 3.05) is 24.6 Å². The van der Waals surface area contributed by atoms with Crippen molar-refractivity contribution < 1.29 is 14.6 Å². The Morgan fingerprint density at radius 3 is 3.12 bits per heavy atom. The van der Waals surface area contributed by atoms with E-state index in [1.54, 1.807) is 11.7 Å². The second kappa shape index (κ2) is 4.44. The zero-order chi connectivity index (χ0) is 11.5. The lowest BCUT2D eigenvalue weighted by molar-refractivity contribution is -0.140. The fourth-order valence-corrected chi connectivity index (χ4v) is 1.71. The fourth-order valence-electron chi connectivity index (χ4n) is 1.71. The van der Waals surface area contributed by atoms with Gasteiger partial charge < -0.3 is 14.7 Å². The third kappa shape index (κ3) is 2.27. The molecule has 0 saturated carbocycles. The van der Waals surface area contributed by atoms with Crippen molar-refractivity contribution in [1.29, 1.82) is 0 Å². The number of morpholine rings is 1. The zero-order valence-corrected chi connectivity index (χ0v) is 8.91. The van der Waals surface area contributed by atoms with Gasteiger partial charge in [-0.1, -0.05) is 5.10 Å². The maximum atomic E-state index is 10.6. The summed E-state index contributed by atoms with van der Waals surface area (Å²) in [5.74, 6) is -0.221. The fraction of sp³-hybridized carbons (Fsp3) is 0.750. The van der Waals surface area contributed by atoms with E-state index in [9.17, 15) is 4.79 Å². The van der Waals surface area contributed by atoms with Crippen LogP contribution in [0.1, 0.15) is 6.42 Å². The van der Waals surface area contributed by atoms with Crippen LogP contribution in [0.2, 0.25) is 0 Å². The molecule has 0 aromatic carbocycles. The summed E-state index contributed by atoms with van der Waals surface area (Å²) in [5.41, 5.74) is 0. The van der Waals surface area contributed by atoms with E-state index in [2.05, 4.69) is 15.5 Å². The molecule has 1 unspecified atom stereocenters. The van der Waals surface area contributed by atoms with Gasteiger partial charge in [0, 0.05) is 20.1 Å². The molecule has 1 aromatic heterocycles. The van der Waals surface area contributed by atoms with Crippen molar-refractivity contribution >= 4 is 11.9 Å². The molecule has 0 amide bonds. The average Bonchev–Trinajstić information content (AvgIpc) is 2.64. The SMILES string of the molecule is Cn1nnnc1N1CCOC(CC(=O)O)C1. The summed E-state index contributed by atoms with van der Waals surface area (Å²) in [5, 5.41) is 19.9. The summed E-state index contributed by atoms with van der Waals surface area (Å²) in [6, 6.07) is 0. The monoisotopic (exact) mass is 227 g/mol. The summed E-state index contributed by atoms with van der Waals surface area (Å²) in [6.45, 7) is 1.66. The molecule has 1 aromatic rings. The van der Waals surface area contributed by atoms with E-state index in [1.165, 1.54) is 0 Å². The number of ether oxygens (including phenoxy) is 1. The number of tetrazole rings is 1. The molecule has 88 valence electrons. The van der Waals surface area contributed by atoms with Gasteiger partial charge in [0.25, 0.3) is 0 Å². The average molecular weight is 227 g/mol. The molecule has 1 atom stereocenters. The molecule has 0 bridgehead atoms. The molecule has 1 fully saturated rings. The number of carboxylic acid groups (broad SMARTS) is 1. The van der Waals surface area contributed by atoms with Crippen LogP contribution in [0.5, 0.6) is 0 Å². The van der Waals surface area contributed by atoms with Crippen LogP contribution in [0.25, 0.3) is 0 Å². The van der Waals surface area contributed by atoms with Crippen LogP contribution in [0, 0.1) is 0 Å². The number of aryl methyl sites for hydroxylation is 1. The Kier molecular flexibility index (Phi) is 3.00. The Hall–Kier alpha value is -1.70. The Balaban J connectivity index is 2.02. The molecule has 1 saturated heterocycles. The summed E-state index contributed by atoms with van der Waals surface area (Å²) in [7, 11) is 1.75. The van der Waals surface area contributed by atoms with Crippen LogP contribution >= 0.6 is 0 Å². The van der Waals surface area contributed by atoms with Crippen molar-refractivity contribution in [1.82, 2.24) is 20.2 Å². The van der Waals surface area contributed by atoms with Gasteiger partial charge in [0.15, 0.2) is 0 Å². The van der Waals surface area contributed by atoms with Gasteiger partial charge in [-0.25, -0.2) is 4.68 Å². The Morgan fingerprint density at radius 1 is 1.69 bits per heavy atom. The topological polar surface area (TPSA) is 93.4 Å². The second-order valence-corrected chi connectivity index (χ2v) is 3.64. The second-order valence-electron chi connectivity index (χ2n) is 3.64. The highest BCUT2D eigenvalue weighted by atomic mass is 16.5. The highest BCUT2D eigenvalue weighted by Crippen LogP contribution is 2.14. The third-order valence-electron chi connectivity index (χ3n) is 2.42. The third-order valence-corrected chi connectivity index (χ3v) is 2.42. The largest absolute Gasteiger partial charge is 0.481 e. The van der Waals surface area contributed by atoms with Crippen LogP contribution in [-0.2, 0) is 16.6 Å². The van der Waals surface area contributed by atoms with Crippen LogP contribution < -0.4 is 4.90 Å². The molecule has 1 aliphatic heterocycles. The number of hydrogen-bond donors (Lipinski definition) is 1. The van der Waals surface area contributed by atoms with Gasteiger partial charge in [-0.15, -0.1) is 0 Å². The number of aliphatic carboxylic acids is 1. The first kappa shape index (κ1) is 10.8. The maximum Gasteiger partial charge on any atom is 0.306 e. The minimum Gasteiger partial charge on any atom is -0.481 e. The predicted octanol–water partition coefficient (Wildman–Crippen LogP) is -1.11. The van der Waals surface area contributed by atoms with Gasteiger partial charge in [-0.05, 0) is 10.4 Å². The molecule has 1 aliphatic rings. The predicted molar refractivity (Wildman–Crippen MR) is 53.0 cm³/mol. The summed E-state index contributed by atoms with van der Waals surface area (Å²) in [4.78, 5) is 12.5. The van der Waals surface area contributed by atoms with Crippen molar-refractivity contribution in [3.8, 4) is 0 Å². The van der Waals surface area contributed by atoms with Crippen molar-refractivity contribution in [3.05, 3.63) is 0 Å². The molecule has 0 spiro atoms. The smallest absolute Gasteiger partial charge is 0.306 e. The molecule has 0 aliphatic carbocycles. The van der Waals surface area contributed by atoms with Crippen molar-refractivity contribution in [3.63, 3.8) is 0 Å². The molecular formula is C8H13N5O3. The van der Waals surface area contributed by atoms with Gasteiger partial charge in [0.2, 0.25) is 5.95 Å². The minimum atomic E-state index is -0.858. The lowest BCUT2D eigenvalue weighted by atomic mass is 10.2. The summed E-state index contributed by atoms with van der Waals surface area (Å²) >= 11 is 0. The molecule has 8 nitrogen and oxygen atoms in total. The number of rotatable bonds is 3. The van der Waals surface area contributed by atoms with Crippen molar-refractivity contribution in [2.24, 2.45) is 7.05 Å². The summed E-state index contributed by atoms with van der Waals surface area (Å²) < 4.78 is 6.92. The van der Waals surface area contributed by atoms with Gasteiger partial charge in [-0.3, -0.25) is 4.79 Å². The van der Waals surface area contributed by atoms with Gasteiger partial charge >= 0.3 is 5.97 Å². The number of carbonyl (C=O) groups is 1. The Bertz CT molecular complexity index is 380. The number of hydrogen-bond acceptors (Lipinski definition) is 6. The van der Waals surface area contributed by atoms with Crippen LogP contribution in [0.3, 0.4) is 0 Å². The first-order chi connectivity index (χ1) is 7.66. The quantitative estimate of drug-likeness (QED) is 0.699. The lowest BCUT2D eigenvalue weighted by Gasteiger charge is -2.32. The van der Waals surface area contributed by atoms with Crippen LogP contribution in [-0.4, -0.2) is 57.1 Å². The number of nitrogens with zero attached hydrogens (tertiary/aromatic N) is 5. The lowest BCUT2D eigenvalue weighted by Crippen LogP contribution is -2.44. The molecule has 16 heavy (non-hydrogen) atoms. The van der Waals surface area contributed by atoms with Gasteiger partial charge in [0.1, 0.15) is 0 Å². The van der Waals surface area contributed by atoms with E-state index in [0.29, 0.717) is 25.6 Å². The van der Waals surface area contributed by atoms with Crippen molar-refractivity contribution in [2.45, 2.75) is 12.5 Å². The van der Waals surface area contributed by atoms with E-state index in [0.717, 1.165) is 0 Å². The Labute approximate surface area is 91.8 Å². The molecular weight excluding hydrogens is 214 g/mol. The van der Waals surface area contributed by atoms with E-state index in [-0.39, 0.29) is 12.5 Å². The molecule has 0 radical (unpaired) electrons. The van der Waals surface area contributed by atoms with Gasteiger partial charge in [-0.2, -0.15) is 0 Å². The van der Waals surface area contributed by atoms with E-state index >= 15 is 0 Å². The molecule has 1 N–H and O–H groups in total. The minimum absolute atomic E-state index is 0.00177. The zero-order valence-electron chi connectivity index (χ0n) is 8.91. The first-order valence-corrected chi connectivity index (χ1v) is 4.97. The van der Waals surface area contributed by atoms with Crippen LogP contribution in [0.4, 0.5) is 5.95 Å². The van der Waals surface area contributed by atoms with E-state index < -0.39 is 5.97 Å². The van der Waals surface area contributed by atoms with Crippen LogP contribution in [0.15, 0.2) is 0 Å². The first-order valence-electron chi connectivity index (χ1n) is 4.97. The van der Waals surface area contributed by atoms with E-state index in [4.69, 9.17) is 9.84 Å². The molecule has 2 rings (SSSR count). The standard InChI is InChI=1S/C8H13N5O3/c1-12-8(9-10-11-12)13-2-3-16-6(5-13)4-7(14)15/h6H,2-5H2,1H3,(H,14,15). The molecule has 8 heteroatoms. The highest BCUT2D eigenvalue weighted by Gasteiger charge is 2.25. The van der Waals surface area contributed by atoms with Gasteiger partial charge in [0.05, 0.1) is 19.1 Å². The number of anilines is 1. The molecule has 2 heterocycles. The highest BCUT2D eigenvalue weighted by molar-refractivity contribution is 5.67. The Morgan fingerprint density at radius 2 is 2.50 bits per heavy atom. The maximum absolute atomic E-state index is 10.6. The number of carboxylic acids is 1. The number of aromatic nitrogens is 4.